The summed E-state index contributed by atoms with van der Waals surface area (Å²) in [7, 11) is 0. The van der Waals surface area contributed by atoms with Gasteiger partial charge in [-0.3, -0.25) is 4.79 Å². The monoisotopic (exact) mass is 290 g/mol. The maximum absolute atomic E-state index is 11.7. The van der Waals surface area contributed by atoms with E-state index in [9.17, 15) is 4.79 Å². The SMILES string of the molecule is CC(C)(c1ccccc1)c1cc(Cl)ccc1C(=O)S. The van der Waals surface area contributed by atoms with E-state index in [1.807, 2.05) is 36.4 Å². The lowest BCUT2D eigenvalue weighted by Gasteiger charge is -2.28. The van der Waals surface area contributed by atoms with Crippen molar-refractivity contribution in [3.63, 3.8) is 0 Å². The predicted molar refractivity (Wildman–Crippen MR) is 83.3 cm³/mol. The van der Waals surface area contributed by atoms with Crippen LogP contribution in [0.15, 0.2) is 48.5 Å². The highest BCUT2D eigenvalue weighted by atomic mass is 35.5. The van der Waals surface area contributed by atoms with Crippen LogP contribution >= 0.6 is 24.2 Å². The molecule has 0 saturated heterocycles. The largest absolute Gasteiger partial charge is 0.282 e. The van der Waals surface area contributed by atoms with E-state index in [2.05, 4.69) is 26.5 Å². The van der Waals surface area contributed by atoms with Crippen LogP contribution in [0, 0.1) is 0 Å². The molecule has 0 aliphatic heterocycles. The second-order valence-electron chi connectivity index (χ2n) is 4.99. The van der Waals surface area contributed by atoms with Gasteiger partial charge in [0.1, 0.15) is 0 Å². The Balaban J connectivity index is 2.63. The molecule has 1 nitrogen and oxygen atoms in total. The maximum atomic E-state index is 11.7. The first kappa shape index (κ1) is 14.2. The van der Waals surface area contributed by atoms with Crippen molar-refractivity contribution in [2.75, 3.05) is 0 Å². The summed E-state index contributed by atoms with van der Waals surface area (Å²) in [5.74, 6) is 0. The van der Waals surface area contributed by atoms with Crippen molar-refractivity contribution in [3.05, 3.63) is 70.2 Å². The highest BCUT2D eigenvalue weighted by molar-refractivity contribution is 7.97. The van der Waals surface area contributed by atoms with Crippen molar-refractivity contribution in [1.82, 2.24) is 0 Å². The molecule has 98 valence electrons. The van der Waals surface area contributed by atoms with E-state index in [1.54, 1.807) is 12.1 Å². The quantitative estimate of drug-likeness (QED) is 0.808. The van der Waals surface area contributed by atoms with E-state index in [-0.39, 0.29) is 10.5 Å². The van der Waals surface area contributed by atoms with Crippen molar-refractivity contribution in [2.45, 2.75) is 19.3 Å². The lowest BCUT2D eigenvalue weighted by Crippen LogP contribution is -2.21. The summed E-state index contributed by atoms with van der Waals surface area (Å²) in [5.41, 5.74) is 2.32. The Morgan fingerprint density at radius 1 is 1.11 bits per heavy atom. The summed E-state index contributed by atoms with van der Waals surface area (Å²) >= 11 is 10.0. The van der Waals surface area contributed by atoms with Crippen molar-refractivity contribution < 1.29 is 4.79 Å². The van der Waals surface area contributed by atoms with Crippen LogP contribution in [-0.4, -0.2) is 5.12 Å². The van der Waals surface area contributed by atoms with Crippen molar-refractivity contribution in [3.8, 4) is 0 Å². The fourth-order valence-corrected chi connectivity index (χ4v) is 2.60. The van der Waals surface area contributed by atoms with Gasteiger partial charge in [0.25, 0.3) is 0 Å². The number of carbonyl (C=O) groups is 1. The van der Waals surface area contributed by atoms with Crippen LogP contribution in [-0.2, 0) is 5.41 Å². The van der Waals surface area contributed by atoms with Crippen LogP contribution in [0.3, 0.4) is 0 Å². The molecule has 19 heavy (non-hydrogen) atoms. The Hall–Kier alpha value is -1.25. The Labute approximate surface area is 124 Å². The van der Waals surface area contributed by atoms with Crippen LogP contribution in [0.2, 0.25) is 5.02 Å². The lowest BCUT2D eigenvalue weighted by atomic mass is 9.76. The number of rotatable bonds is 3. The molecule has 0 aromatic heterocycles. The number of carbonyl (C=O) groups excluding carboxylic acids is 1. The minimum Gasteiger partial charge on any atom is -0.282 e. The summed E-state index contributed by atoms with van der Waals surface area (Å²) < 4.78 is 0. The molecule has 2 rings (SSSR count). The summed E-state index contributed by atoms with van der Waals surface area (Å²) in [5, 5.41) is 0.382. The summed E-state index contributed by atoms with van der Waals surface area (Å²) in [4.78, 5) is 11.7. The van der Waals surface area contributed by atoms with E-state index >= 15 is 0 Å². The molecule has 0 radical (unpaired) electrons. The van der Waals surface area contributed by atoms with E-state index in [4.69, 9.17) is 11.6 Å². The third kappa shape index (κ3) is 2.85. The van der Waals surface area contributed by atoms with Crippen molar-refractivity contribution in [1.29, 1.82) is 0 Å². The number of thiol groups is 1. The van der Waals surface area contributed by atoms with Crippen LogP contribution in [0.1, 0.15) is 35.3 Å². The summed E-state index contributed by atoms with van der Waals surface area (Å²) in [6.45, 7) is 4.16. The zero-order valence-electron chi connectivity index (χ0n) is 10.9. The smallest absolute Gasteiger partial charge is 0.216 e. The minimum atomic E-state index is -0.306. The van der Waals surface area contributed by atoms with Gasteiger partial charge in [0.2, 0.25) is 5.12 Å². The summed E-state index contributed by atoms with van der Waals surface area (Å²) in [6.07, 6.45) is 0. The van der Waals surface area contributed by atoms with Gasteiger partial charge in [0, 0.05) is 16.0 Å². The molecule has 2 aromatic carbocycles. The number of benzene rings is 2. The van der Waals surface area contributed by atoms with Crippen LogP contribution in [0.5, 0.6) is 0 Å². The molecule has 3 heteroatoms. The van der Waals surface area contributed by atoms with Gasteiger partial charge in [-0.05, 0) is 29.3 Å². The molecule has 0 atom stereocenters. The van der Waals surface area contributed by atoms with Gasteiger partial charge in [-0.15, -0.1) is 12.6 Å². The van der Waals surface area contributed by atoms with Crippen molar-refractivity contribution in [2.24, 2.45) is 0 Å². The lowest BCUT2D eigenvalue weighted by molar-refractivity contribution is 0.108. The molecule has 2 aromatic rings. The van der Waals surface area contributed by atoms with E-state index in [0.29, 0.717) is 10.6 Å². The highest BCUT2D eigenvalue weighted by Crippen LogP contribution is 2.35. The zero-order valence-corrected chi connectivity index (χ0v) is 12.5. The topological polar surface area (TPSA) is 17.1 Å². The standard InChI is InChI=1S/C16H15ClOS/c1-16(2,11-6-4-3-5-7-11)14-10-12(17)8-9-13(14)15(18)19/h3-10H,1-2H3,(H,18,19). The molecule has 0 aliphatic rings. The zero-order chi connectivity index (χ0) is 14.0. The normalized spacial score (nSPS) is 11.4. The first-order chi connectivity index (χ1) is 8.93. The molecule has 0 saturated carbocycles. The minimum absolute atomic E-state index is 0.240. The van der Waals surface area contributed by atoms with Crippen LogP contribution in [0.4, 0.5) is 0 Å². The van der Waals surface area contributed by atoms with Gasteiger partial charge in [0.15, 0.2) is 0 Å². The van der Waals surface area contributed by atoms with Gasteiger partial charge in [-0.25, -0.2) is 0 Å². The van der Waals surface area contributed by atoms with E-state index in [1.165, 1.54) is 0 Å². The Kier molecular flexibility index (Phi) is 4.02. The molecular formula is C16H15ClOS. The van der Waals surface area contributed by atoms with Gasteiger partial charge in [-0.2, -0.15) is 0 Å². The fourth-order valence-electron chi connectivity index (χ4n) is 2.23. The highest BCUT2D eigenvalue weighted by Gasteiger charge is 2.27. The average molecular weight is 291 g/mol. The Morgan fingerprint density at radius 3 is 2.32 bits per heavy atom. The fraction of sp³-hybridized carbons (Fsp3) is 0.188. The molecule has 0 N–H and O–H groups in total. The molecule has 0 spiro atoms. The molecule has 0 bridgehead atoms. The predicted octanol–water partition coefficient (Wildman–Crippen LogP) is 4.74. The molecule has 0 heterocycles. The number of hydrogen-bond donors (Lipinski definition) is 1. The Morgan fingerprint density at radius 2 is 1.74 bits per heavy atom. The van der Waals surface area contributed by atoms with E-state index < -0.39 is 0 Å². The second kappa shape index (κ2) is 5.40. The van der Waals surface area contributed by atoms with Gasteiger partial charge >= 0.3 is 0 Å². The number of hydrogen-bond acceptors (Lipinski definition) is 1. The van der Waals surface area contributed by atoms with Crippen molar-refractivity contribution >= 4 is 29.3 Å². The van der Waals surface area contributed by atoms with Gasteiger partial charge < -0.3 is 0 Å². The average Bonchev–Trinajstić information content (AvgIpc) is 2.39. The second-order valence-corrected chi connectivity index (χ2v) is 5.83. The van der Waals surface area contributed by atoms with Crippen LogP contribution < -0.4 is 0 Å². The third-order valence-electron chi connectivity index (χ3n) is 3.38. The van der Waals surface area contributed by atoms with Gasteiger partial charge in [-0.1, -0.05) is 55.8 Å². The van der Waals surface area contributed by atoms with Crippen LogP contribution in [0.25, 0.3) is 0 Å². The molecule has 0 unspecified atom stereocenters. The molecule has 0 fully saturated rings. The molecule has 0 amide bonds. The summed E-state index contributed by atoms with van der Waals surface area (Å²) in [6, 6.07) is 15.3. The number of halogens is 1. The van der Waals surface area contributed by atoms with Gasteiger partial charge in [0.05, 0.1) is 0 Å². The third-order valence-corrected chi connectivity index (χ3v) is 3.86. The first-order valence-electron chi connectivity index (χ1n) is 6.02. The first-order valence-corrected chi connectivity index (χ1v) is 6.84. The van der Waals surface area contributed by atoms with E-state index in [0.717, 1.165) is 11.1 Å². The molecular weight excluding hydrogens is 276 g/mol. The maximum Gasteiger partial charge on any atom is 0.216 e. The molecule has 0 aliphatic carbocycles. The Bertz CT molecular complexity index is 605.